The molecule has 0 aliphatic rings. The van der Waals surface area contributed by atoms with Gasteiger partial charge in [-0.25, -0.2) is 4.79 Å². The Hall–Kier alpha value is -2.56. The molecular weight excluding hydrogens is 252 g/mol. The predicted octanol–water partition coefficient (Wildman–Crippen LogP) is 1.94. The van der Waals surface area contributed by atoms with E-state index in [0.717, 1.165) is 16.3 Å². The van der Waals surface area contributed by atoms with E-state index < -0.39 is 0 Å². The molecule has 0 aliphatic carbocycles. The minimum atomic E-state index is -0.176. The molecule has 0 atom stereocenters. The van der Waals surface area contributed by atoms with Gasteiger partial charge in [-0.2, -0.15) is 0 Å². The van der Waals surface area contributed by atoms with E-state index in [1.165, 1.54) is 0 Å². The van der Waals surface area contributed by atoms with Gasteiger partial charge in [-0.05, 0) is 35.4 Å². The van der Waals surface area contributed by atoms with Crippen molar-refractivity contribution in [3.8, 4) is 0 Å². The summed E-state index contributed by atoms with van der Waals surface area (Å²) < 4.78 is 0. The fourth-order valence-corrected chi connectivity index (χ4v) is 1.98. The number of carbonyl (C=O) groups is 1. The molecule has 0 saturated carbocycles. The van der Waals surface area contributed by atoms with Crippen LogP contribution in [0.3, 0.4) is 0 Å². The highest BCUT2D eigenvalue weighted by Crippen LogP contribution is 2.18. The number of amidine groups is 1. The number of rotatable bonds is 4. The van der Waals surface area contributed by atoms with Crippen LogP contribution in [0.5, 0.6) is 0 Å². The van der Waals surface area contributed by atoms with Crippen LogP contribution in [0.25, 0.3) is 10.8 Å². The second-order valence-electron chi connectivity index (χ2n) is 4.52. The first-order valence-electron chi connectivity index (χ1n) is 6.49. The van der Waals surface area contributed by atoms with E-state index in [-0.39, 0.29) is 11.9 Å². The molecule has 0 aromatic heterocycles. The number of hydrogen-bond donors (Lipinski definition) is 4. The number of nitrogen functional groups attached to an aromatic ring is 1. The van der Waals surface area contributed by atoms with Gasteiger partial charge in [0, 0.05) is 18.7 Å². The van der Waals surface area contributed by atoms with Gasteiger partial charge in [0.25, 0.3) is 0 Å². The van der Waals surface area contributed by atoms with E-state index in [4.69, 9.17) is 11.1 Å². The molecular formula is C15H18N4O. The minimum absolute atomic E-state index is 0.0535. The molecule has 20 heavy (non-hydrogen) atoms. The number of benzene rings is 2. The normalized spacial score (nSPS) is 10.2. The van der Waals surface area contributed by atoms with Crippen LogP contribution < -0.4 is 16.4 Å². The molecule has 2 aromatic carbocycles. The van der Waals surface area contributed by atoms with Crippen LogP contribution in [-0.4, -0.2) is 18.4 Å². The predicted molar refractivity (Wildman–Crippen MR) is 80.9 cm³/mol. The zero-order valence-corrected chi connectivity index (χ0v) is 11.4. The summed E-state index contributed by atoms with van der Waals surface area (Å²) in [5, 5.41) is 15.0. The molecule has 5 nitrogen and oxygen atoms in total. The van der Waals surface area contributed by atoms with Crippen molar-refractivity contribution in [3.05, 3.63) is 47.5 Å². The van der Waals surface area contributed by atoms with E-state index in [9.17, 15) is 4.79 Å². The first-order valence-corrected chi connectivity index (χ1v) is 6.49. The second-order valence-corrected chi connectivity index (χ2v) is 4.52. The Morgan fingerprint density at radius 3 is 2.60 bits per heavy atom. The molecule has 0 heterocycles. The molecule has 0 bridgehead atoms. The number of nitrogens with one attached hydrogen (secondary N) is 3. The zero-order valence-electron chi connectivity index (χ0n) is 11.4. The third-order valence-corrected chi connectivity index (χ3v) is 3.01. The van der Waals surface area contributed by atoms with E-state index in [0.29, 0.717) is 18.7 Å². The Kier molecular flexibility index (Phi) is 4.20. The summed E-state index contributed by atoms with van der Waals surface area (Å²) in [7, 11) is 0. The number of nitrogens with two attached hydrogens (primary N) is 1. The molecule has 5 heteroatoms. The molecule has 0 radical (unpaired) electrons. The Morgan fingerprint density at radius 1 is 1.15 bits per heavy atom. The molecule has 0 saturated heterocycles. The number of urea groups is 1. The highest BCUT2D eigenvalue weighted by molar-refractivity contribution is 5.99. The zero-order chi connectivity index (χ0) is 14.5. The van der Waals surface area contributed by atoms with Crippen molar-refractivity contribution in [3.63, 3.8) is 0 Å². The maximum atomic E-state index is 11.4. The van der Waals surface area contributed by atoms with E-state index >= 15 is 0 Å². The largest absolute Gasteiger partial charge is 0.384 e. The van der Waals surface area contributed by atoms with Crippen LogP contribution in [0.1, 0.15) is 18.1 Å². The Balaban J connectivity index is 2.19. The maximum absolute atomic E-state index is 11.4. The average molecular weight is 270 g/mol. The van der Waals surface area contributed by atoms with E-state index in [1.807, 2.05) is 43.3 Å². The lowest BCUT2D eigenvalue weighted by Gasteiger charge is -2.08. The molecule has 5 N–H and O–H groups in total. The lowest BCUT2D eigenvalue weighted by Crippen LogP contribution is -2.34. The van der Waals surface area contributed by atoms with Gasteiger partial charge in [-0.15, -0.1) is 0 Å². The van der Waals surface area contributed by atoms with Crippen molar-refractivity contribution in [2.24, 2.45) is 5.73 Å². The Morgan fingerprint density at radius 2 is 1.90 bits per heavy atom. The molecule has 0 fully saturated rings. The Bertz CT molecular complexity index is 651. The van der Waals surface area contributed by atoms with Crippen molar-refractivity contribution in [2.75, 3.05) is 6.54 Å². The highest BCUT2D eigenvalue weighted by atomic mass is 16.2. The summed E-state index contributed by atoms with van der Waals surface area (Å²) in [6, 6.07) is 11.4. The van der Waals surface area contributed by atoms with E-state index in [1.54, 1.807) is 0 Å². The summed E-state index contributed by atoms with van der Waals surface area (Å²) >= 11 is 0. The number of hydrogen-bond acceptors (Lipinski definition) is 2. The highest BCUT2D eigenvalue weighted by Gasteiger charge is 2.02. The fraction of sp³-hybridized carbons (Fsp3) is 0.200. The van der Waals surface area contributed by atoms with Crippen molar-refractivity contribution < 1.29 is 4.79 Å². The van der Waals surface area contributed by atoms with Crippen molar-refractivity contribution in [1.82, 2.24) is 10.6 Å². The van der Waals surface area contributed by atoms with E-state index in [2.05, 4.69) is 10.6 Å². The second kappa shape index (κ2) is 6.06. The summed E-state index contributed by atoms with van der Waals surface area (Å²) in [6.07, 6.45) is 0. The third kappa shape index (κ3) is 3.26. The van der Waals surface area contributed by atoms with Crippen molar-refractivity contribution in [1.29, 1.82) is 5.41 Å². The molecule has 0 unspecified atom stereocenters. The maximum Gasteiger partial charge on any atom is 0.315 e. The quantitative estimate of drug-likeness (QED) is 0.505. The molecule has 2 aromatic rings. The summed E-state index contributed by atoms with van der Waals surface area (Å²) in [5.41, 5.74) is 7.20. The van der Waals surface area contributed by atoms with Gasteiger partial charge in [0.05, 0.1) is 0 Å². The van der Waals surface area contributed by atoms with Gasteiger partial charge in [-0.3, -0.25) is 5.41 Å². The third-order valence-electron chi connectivity index (χ3n) is 3.01. The van der Waals surface area contributed by atoms with Crippen LogP contribution in [-0.2, 0) is 6.54 Å². The molecule has 2 amide bonds. The monoisotopic (exact) mass is 270 g/mol. The molecule has 0 aliphatic heterocycles. The van der Waals surface area contributed by atoms with Gasteiger partial charge in [0.1, 0.15) is 5.84 Å². The first kappa shape index (κ1) is 13.9. The molecule has 2 rings (SSSR count). The van der Waals surface area contributed by atoms with Crippen LogP contribution in [0.4, 0.5) is 4.79 Å². The van der Waals surface area contributed by atoms with Gasteiger partial charge in [-0.1, -0.05) is 24.3 Å². The van der Waals surface area contributed by atoms with Gasteiger partial charge in [0.2, 0.25) is 0 Å². The SMILES string of the molecule is CCNC(=O)NCc1ccc2ccc(C(=N)N)cc2c1. The van der Waals surface area contributed by atoms with Gasteiger partial charge in [0.15, 0.2) is 0 Å². The first-order chi connectivity index (χ1) is 9.60. The standard InChI is InChI=1S/C15H18N4O/c1-2-18-15(20)19-9-10-3-4-11-5-6-12(14(16)17)8-13(11)7-10/h3-8H,2,9H2,1H3,(H3,16,17)(H2,18,19,20). The van der Waals surface area contributed by atoms with Crippen LogP contribution in [0.15, 0.2) is 36.4 Å². The summed E-state index contributed by atoms with van der Waals surface area (Å²) in [5.74, 6) is 0.0535. The van der Waals surface area contributed by atoms with Crippen LogP contribution >= 0.6 is 0 Å². The van der Waals surface area contributed by atoms with Crippen LogP contribution in [0, 0.1) is 5.41 Å². The fourth-order valence-electron chi connectivity index (χ4n) is 1.98. The molecule has 104 valence electrons. The summed E-state index contributed by atoms with van der Waals surface area (Å²) in [6.45, 7) is 2.94. The lowest BCUT2D eigenvalue weighted by molar-refractivity contribution is 0.241. The van der Waals surface area contributed by atoms with Crippen molar-refractivity contribution >= 4 is 22.6 Å². The number of amides is 2. The lowest BCUT2D eigenvalue weighted by atomic mass is 10.0. The average Bonchev–Trinajstić information content (AvgIpc) is 2.44. The van der Waals surface area contributed by atoms with Gasteiger partial charge < -0.3 is 16.4 Å². The topological polar surface area (TPSA) is 91.0 Å². The summed E-state index contributed by atoms with van der Waals surface area (Å²) in [4.78, 5) is 11.4. The Labute approximate surface area is 117 Å². The van der Waals surface area contributed by atoms with Crippen LogP contribution in [0.2, 0.25) is 0 Å². The molecule has 0 spiro atoms. The number of carbonyl (C=O) groups excluding carboxylic acids is 1. The minimum Gasteiger partial charge on any atom is -0.384 e. The number of fused-ring (bicyclic) bond motifs is 1. The van der Waals surface area contributed by atoms with Gasteiger partial charge >= 0.3 is 6.03 Å². The smallest absolute Gasteiger partial charge is 0.315 e. The van der Waals surface area contributed by atoms with Crippen molar-refractivity contribution in [2.45, 2.75) is 13.5 Å².